The van der Waals surface area contributed by atoms with Crippen LogP contribution in [-0.4, -0.2) is 30.1 Å². The van der Waals surface area contributed by atoms with E-state index < -0.39 is 23.3 Å². The van der Waals surface area contributed by atoms with Gasteiger partial charge in [-0.05, 0) is 18.8 Å². The molecule has 0 aliphatic carbocycles. The van der Waals surface area contributed by atoms with E-state index in [1.165, 1.54) is 6.08 Å². The van der Waals surface area contributed by atoms with Crippen LogP contribution in [0.2, 0.25) is 0 Å². The highest BCUT2D eigenvalue weighted by Crippen LogP contribution is 2.33. The molecule has 1 aliphatic heterocycles. The lowest BCUT2D eigenvalue weighted by atomic mass is 9.74. The fourth-order valence-electron chi connectivity index (χ4n) is 1.98. The quantitative estimate of drug-likeness (QED) is 0.506. The van der Waals surface area contributed by atoms with Gasteiger partial charge in [-0.1, -0.05) is 19.9 Å². The Bertz CT molecular complexity index is 330. The molecule has 1 saturated heterocycles. The molecule has 1 heterocycles. The average Bonchev–Trinajstić information content (AvgIpc) is 2.28. The number of nitrogens with one attached hydrogen (secondary N) is 2. The van der Waals surface area contributed by atoms with Gasteiger partial charge in [-0.2, -0.15) is 0 Å². The van der Waals surface area contributed by atoms with Crippen LogP contribution in [0, 0.1) is 11.3 Å². The number of hydrogen-bond acceptors (Lipinski definition) is 4. The molecule has 6 heteroatoms. The van der Waals surface area contributed by atoms with Crippen molar-refractivity contribution < 1.29 is 19.5 Å². The number of aliphatic hydroxyl groups excluding tert-OH is 1. The highest BCUT2D eigenvalue weighted by Gasteiger charge is 2.49. The summed E-state index contributed by atoms with van der Waals surface area (Å²) < 4.78 is 0. The molecule has 1 fully saturated rings. The molecule has 0 spiro atoms. The minimum Gasteiger partial charge on any atom is -0.400 e. The van der Waals surface area contributed by atoms with Crippen LogP contribution in [0.25, 0.3) is 0 Å². The first-order chi connectivity index (χ1) is 8.42. The zero-order chi connectivity index (χ0) is 14.3. The summed E-state index contributed by atoms with van der Waals surface area (Å²) in [7, 11) is 1.00. The third-order valence-corrected chi connectivity index (χ3v) is 2.57. The van der Waals surface area contributed by atoms with Gasteiger partial charge in [-0.25, -0.2) is 4.79 Å². The van der Waals surface area contributed by atoms with Gasteiger partial charge in [-0.3, -0.25) is 20.2 Å². The van der Waals surface area contributed by atoms with Crippen molar-refractivity contribution in [3.05, 3.63) is 12.7 Å². The third kappa shape index (κ3) is 3.40. The van der Waals surface area contributed by atoms with E-state index in [2.05, 4.69) is 17.2 Å². The monoisotopic (exact) mass is 256 g/mol. The summed E-state index contributed by atoms with van der Waals surface area (Å²) in [6.07, 6.45) is 2.15. The lowest BCUT2D eigenvalue weighted by Crippen LogP contribution is -2.62. The Morgan fingerprint density at radius 2 is 1.67 bits per heavy atom. The molecular weight excluding hydrogens is 236 g/mol. The zero-order valence-corrected chi connectivity index (χ0v) is 10.9. The van der Waals surface area contributed by atoms with E-state index in [9.17, 15) is 14.4 Å². The van der Waals surface area contributed by atoms with Gasteiger partial charge in [0.05, 0.1) is 0 Å². The Hall–Kier alpha value is -1.69. The van der Waals surface area contributed by atoms with Gasteiger partial charge < -0.3 is 5.11 Å². The maximum absolute atomic E-state index is 11.8. The first-order valence-electron chi connectivity index (χ1n) is 5.65. The lowest BCUT2D eigenvalue weighted by Gasteiger charge is -2.34. The number of amides is 4. The molecule has 0 aromatic heterocycles. The van der Waals surface area contributed by atoms with Crippen molar-refractivity contribution in [1.29, 1.82) is 0 Å². The molecule has 0 saturated carbocycles. The number of urea groups is 1. The van der Waals surface area contributed by atoms with Crippen molar-refractivity contribution in [3.8, 4) is 0 Å². The number of barbiturate groups is 1. The maximum atomic E-state index is 11.8. The Kier molecular flexibility index (Phi) is 6.26. The molecule has 0 aromatic rings. The van der Waals surface area contributed by atoms with Gasteiger partial charge in [0.1, 0.15) is 5.41 Å². The van der Waals surface area contributed by atoms with Crippen LogP contribution in [0.3, 0.4) is 0 Å². The second-order valence-corrected chi connectivity index (χ2v) is 4.41. The maximum Gasteiger partial charge on any atom is 0.328 e. The summed E-state index contributed by atoms with van der Waals surface area (Å²) in [4.78, 5) is 34.6. The number of imide groups is 2. The fraction of sp³-hybridized carbons (Fsp3) is 0.583. The molecule has 0 bridgehead atoms. The predicted octanol–water partition coefficient (Wildman–Crippen LogP) is 0.570. The van der Waals surface area contributed by atoms with Crippen LogP contribution < -0.4 is 10.6 Å². The SMILES string of the molecule is C=CCC1(CC(C)C)C(=O)NC(=O)NC1=O.CO. The van der Waals surface area contributed by atoms with Crippen molar-refractivity contribution in [2.24, 2.45) is 11.3 Å². The molecule has 102 valence electrons. The van der Waals surface area contributed by atoms with Crippen molar-refractivity contribution in [2.75, 3.05) is 7.11 Å². The van der Waals surface area contributed by atoms with E-state index in [4.69, 9.17) is 5.11 Å². The number of aliphatic hydroxyl groups is 1. The van der Waals surface area contributed by atoms with Gasteiger partial charge in [0.15, 0.2) is 0 Å². The standard InChI is InChI=1S/C11H16N2O3.CH4O/c1-4-5-11(6-7(2)3)8(14)12-10(16)13-9(11)15;1-2/h4,7H,1,5-6H2,2-3H3,(H2,12,13,14,15,16);2H,1H3. The van der Waals surface area contributed by atoms with E-state index >= 15 is 0 Å². The number of carbonyl (C=O) groups is 3. The van der Waals surface area contributed by atoms with E-state index in [1.54, 1.807) is 0 Å². The number of rotatable bonds is 4. The van der Waals surface area contributed by atoms with Crippen molar-refractivity contribution in [2.45, 2.75) is 26.7 Å². The molecule has 4 amide bonds. The molecule has 0 atom stereocenters. The molecule has 1 rings (SSSR count). The van der Waals surface area contributed by atoms with Gasteiger partial charge in [0.25, 0.3) is 0 Å². The Balaban J connectivity index is 0.00000137. The summed E-state index contributed by atoms with van der Waals surface area (Å²) in [6.45, 7) is 7.39. The fourth-order valence-corrected chi connectivity index (χ4v) is 1.98. The summed E-state index contributed by atoms with van der Waals surface area (Å²) in [6, 6.07) is -0.751. The Morgan fingerprint density at radius 3 is 2.00 bits per heavy atom. The summed E-state index contributed by atoms with van der Waals surface area (Å²) in [5.41, 5.74) is -1.19. The zero-order valence-electron chi connectivity index (χ0n) is 10.9. The highest BCUT2D eigenvalue weighted by molar-refractivity contribution is 6.19. The van der Waals surface area contributed by atoms with Crippen LogP contribution in [-0.2, 0) is 9.59 Å². The van der Waals surface area contributed by atoms with E-state index in [0.717, 1.165) is 7.11 Å². The molecule has 18 heavy (non-hydrogen) atoms. The van der Waals surface area contributed by atoms with Gasteiger partial charge in [0, 0.05) is 7.11 Å². The topological polar surface area (TPSA) is 95.5 Å². The second kappa shape index (κ2) is 6.90. The molecule has 1 aliphatic rings. The first-order valence-corrected chi connectivity index (χ1v) is 5.65. The van der Waals surface area contributed by atoms with Crippen LogP contribution in [0.5, 0.6) is 0 Å². The van der Waals surface area contributed by atoms with Crippen molar-refractivity contribution in [1.82, 2.24) is 10.6 Å². The summed E-state index contributed by atoms with van der Waals surface area (Å²) >= 11 is 0. The second-order valence-electron chi connectivity index (χ2n) is 4.41. The largest absolute Gasteiger partial charge is 0.400 e. The van der Waals surface area contributed by atoms with Crippen LogP contribution in [0.15, 0.2) is 12.7 Å². The molecule has 0 unspecified atom stereocenters. The van der Waals surface area contributed by atoms with Crippen LogP contribution in [0.4, 0.5) is 4.79 Å². The minimum atomic E-state index is -1.19. The lowest BCUT2D eigenvalue weighted by molar-refractivity contribution is -0.145. The Morgan fingerprint density at radius 1 is 1.22 bits per heavy atom. The first kappa shape index (κ1) is 16.3. The number of hydrogen-bond donors (Lipinski definition) is 3. The summed E-state index contributed by atoms with van der Waals surface area (Å²) in [5, 5.41) is 11.3. The van der Waals surface area contributed by atoms with E-state index in [-0.39, 0.29) is 12.3 Å². The van der Waals surface area contributed by atoms with E-state index in [1.807, 2.05) is 13.8 Å². The predicted molar refractivity (Wildman–Crippen MR) is 66.5 cm³/mol. The highest BCUT2D eigenvalue weighted by atomic mass is 16.2. The third-order valence-electron chi connectivity index (χ3n) is 2.57. The van der Waals surface area contributed by atoms with Crippen molar-refractivity contribution >= 4 is 17.8 Å². The van der Waals surface area contributed by atoms with E-state index in [0.29, 0.717) is 6.42 Å². The molecule has 6 nitrogen and oxygen atoms in total. The van der Waals surface area contributed by atoms with Gasteiger partial charge in [-0.15, -0.1) is 6.58 Å². The molecule has 0 aromatic carbocycles. The van der Waals surface area contributed by atoms with Crippen LogP contribution in [0.1, 0.15) is 26.7 Å². The molecule has 3 N–H and O–H groups in total. The minimum absolute atomic E-state index is 0.171. The average molecular weight is 256 g/mol. The molecular formula is C12H20N2O4. The normalized spacial score (nSPS) is 17.5. The van der Waals surface area contributed by atoms with Crippen LogP contribution >= 0.6 is 0 Å². The summed E-state index contributed by atoms with van der Waals surface area (Å²) in [5.74, 6) is -0.894. The Labute approximate surface area is 106 Å². The van der Waals surface area contributed by atoms with Gasteiger partial charge in [0.2, 0.25) is 11.8 Å². The smallest absolute Gasteiger partial charge is 0.328 e. The van der Waals surface area contributed by atoms with Gasteiger partial charge >= 0.3 is 6.03 Å². The molecule has 0 radical (unpaired) electrons. The number of carbonyl (C=O) groups excluding carboxylic acids is 3. The van der Waals surface area contributed by atoms with Crippen molar-refractivity contribution in [3.63, 3.8) is 0 Å². The number of allylic oxidation sites excluding steroid dienone is 1.